The molecule has 19 heavy (non-hydrogen) atoms. The number of aromatic carboxylic acids is 1. The molecule has 0 fully saturated rings. The summed E-state index contributed by atoms with van der Waals surface area (Å²) in [5.74, 6) is -0.952. The summed E-state index contributed by atoms with van der Waals surface area (Å²) in [6, 6.07) is 8.17. The van der Waals surface area contributed by atoms with Gasteiger partial charge in [-0.25, -0.2) is 9.78 Å². The maximum absolute atomic E-state index is 10.7. The first-order chi connectivity index (χ1) is 9.20. The fourth-order valence-electron chi connectivity index (χ4n) is 1.63. The number of nitrogens with one attached hydrogen (secondary N) is 2. The predicted octanol–water partition coefficient (Wildman–Crippen LogP) is 1.46. The highest BCUT2D eigenvalue weighted by Gasteiger charge is 2.11. The summed E-state index contributed by atoms with van der Waals surface area (Å²) < 4.78 is 0. The minimum absolute atomic E-state index is 0.245. The molecule has 0 saturated carbocycles. The van der Waals surface area contributed by atoms with E-state index in [4.69, 9.17) is 10.4 Å². The molecule has 0 amide bonds. The summed E-state index contributed by atoms with van der Waals surface area (Å²) in [7, 11) is 0. The smallest absolute Gasteiger partial charge is 0.335 e. The zero-order chi connectivity index (χ0) is 13.7. The van der Waals surface area contributed by atoms with Crippen molar-refractivity contribution in [1.82, 2.24) is 15.3 Å². The van der Waals surface area contributed by atoms with Gasteiger partial charge in [-0.05, 0) is 17.7 Å². The number of nitriles is 1. The Hall–Kier alpha value is -2.65. The van der Waals surface area contributed by atoms with Crippen LogP contribution in [0.5, 0.6) is 0 Å². The van der Waals surface area contributed by atoms with Gasteiger partial charge in [0.1, 0.15) is 6.04 Å². The molecule has 6 nitrogen and oxygen atoms in total. The number of hydrogen-bond acceptors (Lipinski definition) is 4. The van der Waals surface area contributed by atoms with Crippen molar-refractivity contribution in [2.75, 3.05) is 0 Å². The summed E-state index contributed by atoms with van der Waals surface area (Å²) in [6.45, 7) is 0.469. The van der Waals surface area contributed by atoms with Crippen LogP contribution >= 0.6 is 0 Å². The summed E-state index contributed by atoms with van der Waals surface area (Å²) >= 11 is 0. The van der Waals surface area contributed by atoms with Crippen molar-refractivity contribution in [1.29, 1.82) is 5.26 Å². The number of carboxylic acids is 1. The maximum atomic E-state index is 10.7. The predicted molar refractivity (Wildman–Crippen MR) is 67.2 cm³/mol. The standard InChI is InChI=1S/C13H12N4O2/c14-5-11(12-7-15-8-17-12)16-6-9-1-3-10(4-2-9)13(18)19/h1-4,7-8,11,16H,6H2,(H,15,17)(H,18,19). The molecule has 6 heteroatoms. The van der Waals surface area contributed by atoms with E-state index in [-0.39, 0.29) is 5.56 Å². The molecule has 1 unspecified atom stereocenters. The van der Waals surface area contributed by atoms with Gasteiger partial charge >= 0.3 is 5.97 Å². The molecule has 1 aromatic carbocycles. The van der Waals surface area contributed by atoms with E-state index >= 15 is 0 Å². The fourth-order valence-corrected chi connectivity index (χ4v) is 1.63. The summed E-state index contributed by atoms with van der Waals surface area (Å²) in [4.78, 5) is 17.5. The molecular formula is C13H12N4O2. The Morgan fingerprint density at radius 1 is 1.47 bits per heavy atom. The molecule has 2 aromatic rings. The fraction of sp³-hybridized carbons (Fsp3) is 0.154. The largest absolute Gasteiger partial charge is 0.478 e. The van der Waals surface area contributed by atoms with Gasteiger partial charge in [-0.1, -0.05) is 12.1 Å². The van der Waals surface area contributed by atoms with Crippen LogP contribution in [0.3, 0.4) is 0 Å². The molecule has 1 heterocycles. The number of nitrogens with zero attached hydrogens (tertiary/aromatic N) is 2. The third-order valence-electron chi connectivity index (χ3n) is 2.67. The Bertz CT molecular complexity index is 584. The van der Waals surface area contributed by atoms with Gasteiger partial charge in [-0.3, -0.25) is 5.32 Å². The van der Waals surface area contributed by atoms with Crippen molar-refractivity contribution >= 4 is 5.97 Å². The van der Waals surface area contributed by atoms with Crippen LogP contribution < -0.4 is 5.32 Å². The van der Waals surface area contributed by atoms with Crippen LogP contribution in [0, 0.1) is 11.3 Å². The molecule has 0 bridgehead atoms. The molecule has 0 radical (unpaired) electrons. The van der Waals surface area contributed by atoms with E-state index in [0.717, 1.165) is 5.56 Å². The summed E-state index contributed by atoms with van der Waals surface area (Å²) in [5.41, 5.74) is 1.85. The lowest BCUT2D eigenvalue weighted by molar-refractivity contribution is 0.0697. The lowest BCUT2D eigenvalue weighted by Crippen LogP contribution is -2.19. The van der Waals surface area contributed by atoms with Crippen molar-refractivity contribution < 1.29 is 9.90 Å². The molecule has 1 aromatic heterocycles. The Labute approximate surface area is 109 Å². The highest BCUT2D eigenvalue weighted by molar-refractivity contribution is 5.87. The van der Waals surface area contributed by atoms with Crippen molar-refractivity contribution in [2.24, 2.45) is 0 Å². The Balaban J connectivity index is 1.98. The van der Waals surface area contributed by atoms with Gasteiger partial charge in [0.2, 0.25) is 0 Å². The monoisotopic (exact) mass is 256 g/mol. The number of H-pyrrole nitrogens is 1. The zero-order valence-corrected chi connectivity index (χ0v) is 10.00. The van der Waals surface area contributed by atoms with Crippen molar-refractivity contribution in [3.8, 4) is 6.07 Å². The Morgan fingerprint density at radius 3 is 2.74 bits per heavy atom. The summed E-state index contributed by atoms with van der Waals surface area (Å²) in [5, 5.41) is 20.9. The topological polar surface area (TPSA) is 102 Å². The highest BCUT2D eigenvalue weighted by atomic mass is 16.4. The second kappa shape index (κ2) is 5.80. The molecule has 0 aliphatic rings. The number of imidazole rings is 1. The van der Waals surface area contributed by atoms with Gasteiger partial charge in [0.25, 0.3) is 0 Å². The quantitative estimate of drug-likeness (QED) is 0.751. The average molecular weight is 256 g/mol. The maximum Gasteiger partial charge on any atom is 0.335 e. The lowest BCUT2D eigenvalue weighted by atomic mass is 10.1. The van der Waals surface area contributed by atoms with E-state index in [1.807, 2.05) is 0 Å². The van der Waals surface area contributed by atoms with Crippen molar-refractivity contribution in [3.63, 3.8) is 0 Å². The normalized spacial score (nSPS) is 11.7. The highest BCUT2D eigenvalue weighted by Crippen LogP contribution is 2.10. The molecule has 0 aliphatic heterocycles. The van der Waals surface area contributed by atoms with Crippen molar-refractivity contribution in [2.45, 2.75) is 12.6 Å². The van der Waals surface area contributed by atoms with Gasteiger partial charge in [0, 0.05) is 6.54 Å². The second-order valence-electron chi connectivity index (χ2n) is 3.95. The molecular weight excluding hydrogens is 244 g/mol. The van der Waals surface area contributed by atoms with Gasteiger partial charge in [0.15, 0.2) is 0 Å². The second-order valence-corrected chi connectivity index (χ2v) is 3.95. The van der Waals surface area contributed by atoms with E-state index < -0.39 is 12.0 Å². The Kier molecular flexibility index (Phi) is 3.90. The molecule has 0 spiro atoms. The van der Waals surface area contributed by atoms with Crippen LogP contribution in [0.4, 0.5) is 0 Å². The first-order valence-corrected chi connectivity index (χ1v) is 5.64. The van der Waals surface area contributed by atoms with Crippen LogP contribution in [0.15, 0.2) is 36.8 Å². The van der Waals surface area contributed by atoms with Gasteiger partial charge in [-0.2, -0.15) is 5.26 Å². The number of carbonyl (C=O) groups is 1. The van der Waals surface area contributed by atoms with Crippen LogP contribution in [-0.2, 0) is 6.54 Å². The minimum Gasteiger partial charge on any atom is -0.478 e. The molecule has 96 valence electrons. The minimum atomic E-state index is -0.952. The number of aromatic nitrogens is 2. The van der Waals surface area contributed by atoms with E-state index in [2.05, 4.69) is 21.4 Å². The van der Waals surface area contributed by atoms with E-state index in [0.29, 0.717) is 12.2 Å². The average Bonchev–Trinajstić information content (AvgIpc) is 2.94. The number of benzene rings is 1. The van der Waals surface area contributed by atoms with Gasteiger partial charge < -0.3 is 10.1 Å². The van der Waals surface area contributed by atoms with E-state index in [1.165, 1.54) is 18.5 Å². The summed E-state index contributed by atoms with van der Waals surface area (Å²) in [6.07, 6.45) is 3.11. The van der Waals surface area contributed by atoms with E-state index in [9.17, 15) is 4.79 Å². The number of hydrogen-bond donors (Lipinski definition) is 3. The first kappa shape index (κ1) is 12.8. The van der Waals surface area contributed by atoms with Crippen LogP contribution in [0.1, 0.15) is 27.7 Å². The van der Waals surface area contributed by atoms with Gasteiger partial charge in [-0.15, -0.1) is 0 Å². The molecule has 3 N–H and O–H groups in total. The van der Waals surface area contributed by atoms with E-state index in [1.54, 1.807) is 18.3 Å². The van der Waals surface area contributed by atoms with Crippen LogP contribution in [-0.4, -0.2) is 21.0 Å². The first-order valence-electron chi connectivity index (χ1n) is 5.64. The third kappa shape index (κ3) is 3.18. The molecule has 0 aliphatic carbocycles. The van der Waals surface area contributed by atoms with Gasteiger partial charge in [0.05, 0.1) is 29.9 Å². The Morgan fingerprint density at radius 2 is 2.21 bits per heavy atom. The SMILES string of the molecule is N#CC(NCc1ccc(C(=O)O)cc1)c1cnc[nH]1. The molecule has 1 atom stereocenters. The lowest BCUT2D eigenvalue weighted by Gasteiger charge is -2.09. The zero-order valence-electron chi connectivity index (χ0n) is 10.00. The number of carboxylic acid groups (broad SMARTS) is 1. The molecule has 2 rings (SSSR count). The van der Waals surface area contributed by atoms with Crippen LogP contribution in [0.2, 0.25) is 0 Å². The van der Waals surface area contributed by atoms with Crippen LogP contribution in [0.25, 0.3) is 0 Å². The van der Waals surface area contributed by atoms with Crippen molar-refractivity contribution in [3.05, 3.63) is 53.6 Å². The number of aromatic amines is 1. The third-order valence-corrected chi connectivity index (χ3v) is 2.67. The molecule has 0 saturated heterocycles. The number of rotatable bonds is 5.